The van der Waals surface area contributed by atoms with Crippen LogP contribution in [0.5, 0.6) is 0 Å². The predicted molar refractivity (Wildman–Crippen MR) is 70.5 cm³/mol. The summed E-state index contributed by atoms with van der Waals surface area (Å²) in [6.07, 6.45) is 0.577. The molecule has 1 heterocycles. The van der Waals surface area contributed by atoms with Gasteiger partial charge < -0.3 is 10.6 Å². The third-order valence-corrected chi connectivity index (χ3v) is 2.80. The molecule has 1 aliphatic heterocycles. The molecule has 106 valence electrons. The minimum Gasteiger partial charge on any atom is -0.374 e. The lowest BCUT2D eigenvalue weighted by Gasteiger charge is -2.23. The van der Waals surface area contributed by atoms with Gasteiger partial charge in [0, 0.05) is 24.7 Å². The summed E-state index contributed by atoms with van der Waals surface area (Å²) < 4.78 is 13.4. The largest absolute Gasteiger partial charge is 0.374 e. The molecule has 1 fully saturated rings. The van der Waals surface area contributed by atoms with Gasteiger partial charge in [-0.1, -0.05) is 0 Å². The smallest absolute Gasteiger partial charge is 0.249 e. The number of rotatable bonds is 3. The van der Waals surface area contributed by atoms with E-state index in [1.165, 1.54) is 25.1 Å². The van der Waals surface area contributed by atoms with Gasteiger partial charge in [-0.05, 0) is 24.6 Å². The fraction of sp³-hybridized carbons (Fsp3) is 0.308. The van der Waals surface area contributed by atoms with Crippen molar-refractivity contribution in [1.82, 2.24) is 5.32 Å². The molecular weight excluding hydrogens is 265 g/mol. The van der Waals surface area contributed by atoms with Crippen molar-refractivity contribution in [3.63, 3.8) is 0 Å². The second kappa shape index (κ2) is 5.68. The molecule has 7 heteroatoms. The Labute approximate surface area is 114 Å². The fourth-order valence-electron chi connectivity index (χ4n) is 1.98. The van der Waals surface area contributed by atoms with Crippen LogP contribution < -0.4 is 16.0 Å². The topological polar surface area (TPSA) is 87.3 Å². The molecule has 0 radical (unpaired) electrons. The number of carbonyl (C=O) groups excluding carboxylic acids is 3. The maximum absolute atomic E-state index is 13.4. The summed E-state index contributed by atoms with van der Waals surface area (Å²) >= 11 is 0. The number of carbonyl (C=O) groups is 3. The van der Waals surface area contributed by atoms with Crippen molar-refractivity contribution in [2.45, 2.75) is 25.8 Å². The molecule has 3 amide bonds. The van der Waals surface area contributed by atoms with E-state index in [1.54, 1.807) is 0 Å². The lowest BCUT2D eigenvalue weighted by molar-refractivity contribution is -0.133. The van der Waals surface area contributed by atoms with Gasteiger partial charge in [0.15, 0.2) is 0 Å². The number of nitrogens with one attached hydrogen (secondary N) is 3. The Morgan fingerprint density at radius 1 is 1.30 bits per heavy atom. The lowest BCUT2D eigenvalue weighted by Crippen LogP contribution is -2.47. The maximum Gasteiger partial charge on any atom is 0.249 e. The number of hydrogen-bond donors (Lipinski definition) is 3. The quantitative estimate of drug-likeness (QED) is 0.720. The molecule has 0 spiro atoms. The summed E-state index contributed by atoms with van der Waals surface area (Å²) in [7, 11) is 0. The highest BCUT2D eigenvalue weighted by atomic mass is 19.1. The standard InChI is InChI=1S/C13H14FN3O3/c1-7(18)15-9-4-8(14)5-10(6-9)16-11-2-3-12(19)17-13(11)20/h4-6,11,16H,2-3H2,1H3,(H,15,18)(H,17,19,20). The molecule has 1 unspecified atom stereocenters. The van der Waals surface area contributed by atoms with E-state index in [0.717, 1.165) is 0 Å². The first-order valence-corrected chi connectivity index (χ1v) is 6.12. The number of piperidine rings is 1. The Morgan fingerprint density at radius 2 is 2.00 bits per heavy atom. The molecule has 1 aliphatic rings. The Kier molecular flexibility index (Phi) is 3.97. The summed E-state index contributed by atoms with van der Waals surface area (Å²) in [4.78, 5) is 33.6. The first-order chi connectivity index (χ1) is 9.44. The van der Waals surface area contributed by atoms with Gasteiger partial charge in [0.05, 0.1) is 0 Å². The van der Waals surface area contributed by atoms with Crippen molar-refractivity contribution in [2.24, 2.45) is 0 Å². The average molecular weight is 279 g/mol. The molecular formula is C13H14FN3O3. The van der Waals surface area contributed by atoms with Crippen molar-refractivity contribution < 1.29 is 18.8 Å². The van der Waals surface area contributed by atoms with Crippen molar-refractivity contribution in [1.29, 1.82) is 0 Å². The molecule has 0 aliphatic carbocycles. The van der Waals surface area contributed by atoms with Crippen LogP contribution in [-0.4, -0.2) is 23.8 Å². The minimum atomic E-state index is -0.598. The van der Waals surface area contributed by atoms with Crippen LogP contribution in [0.2, 0.25) is 0 Å². The maximum atomic E-state index is 13.4. The summed E-state index contributed by atoms with van der Waals surface area (Å²) in [6.45, 7) is 1.32. The minimum absolute atomic E-state index is 0.233. The van der Waals surface area contributed by atoms with E-state index in [4.69, 9.17) is 0 Å². The summed E-state index contributed by atoms with van der Waals surface area (Å²) in [5.74, 6) is -1.61. The van der Waals surface area contributed by atoms with Gasteiger partial charge >= 0.3 is 0 Å². The summed E-state index contributed by atoms with van der Waals surface area (Å²) in [5.41, 5.74) is 0.663. The van der Waals surface area contributed by atoms with Crippen LogP contribution in [-0.2, 0) is 14.4 Å². The predicted octanol–water partition coefficient (Wildman–Crippen LogP) is 1.00. The highest BCUT2D eigenvalue weighted by Gasteiger charge is 2.26. The van der Waals surface area contributed by atoms with Crippen LogP contribution in [0.15, 0.2) is 18.2 Å². The zero-order valence-corrected chi connectivity index (χ0v) is 10.8. The molecule has 1 aromatic rings. The second-order valence-electron chi connectivity index (χ2n) is 4.56. The monoisotopic (exact) mass is 279 g/mol. The van der Waals surface area contributed by atoms with Crippen LogP contribution >= 0.6 is 0 Å². The third-order valence-electron chi connectivity index (χ3n) is 2.80. The highest BCUT2D eigenvalue weighted by Crippen LogP contribution is 2.20. The van der Waals surface area contributed by atoms with E-state index in [9.17, 15) is 18.8 Å². The van der Waals surface area contributed by atoms with Crippen LogP contribution in [0.1, 0.15) is 19.8 Å². The van der Waals surface area contributed by atoms with Crippen LogP contribution in [0.3, 0.4) is 0 Å². The molecule has 1 aromatic carbocycles. The zero-order valence-electron chi connectivity index (χ0n) is 10.8. The Balaban J connectivity index is 2.12. The van der Waals surface area contributed by atoms with Gasteiger partial charge in [0.1, 0.15) is 11.9 Å². The van der Waals surface area contributed by atoms with Gasteiger partial charge in [0.2, 0.25) is 17.7 Å². The van der Waals surface area contributed by atoms with Crippen molar-refractivity contribution in [3.8, 4) is 0 Å². The number of anilines is 2. The van der Waals surface area contributed by atoms with Crippen LogP contribution in [0.25, 0.3) is 0 Å². The summed E-state index contributed by atoms with van der Waals surface area (Å²) in [5, 5.41) is 7.53. The Hall–Kier alpha value is -2.44. The second-order valence-corrected chi connectivity index (χ2v) is 4.56. The molecule has 1 saturated heterocycles. The normalized spacial score (nSPS) is 18.4. The third kappa shape index (κ3) is 3.53. The van der Waals surface area contributed by atoms with E-state index in [2.05, 4.69) is 16.0 Å². The van der Waals surface area contributed by atoms with Crippen LogP contribution in [0, 0.1) is 5.82 Å². The van der Waals surface area contributed by atoms with Crippen molar-refractivity contribution in [2.75, 3.05) is 10.6 Å². The number of imide groups is 1. The fourth-order valence-corrected chi connectivity index (χ4v) is 1.98. The average Bonchev–Trinajstić information content (AvgIpc) is 2.31. The molecule has 0 bridgehead atoms. The van der Waals surface area contributed by atoms with Gasteiger partial charge in [-0.25, -0.2) is 4.39 Å². The van der Waals surface area contributed by atoms with Crippen molar-refractivity contribution in [3.05, 3.63) is 24.0 Å². The summed E-state index contributed by atoms with van der Waals surface area (Å²) in [6, 6.07) is 3.32. The SMILES string of the molecule is CC(=O)Nc1cc(F)cc(NC2CCC(=O)NC2=O)c1. The van der Waals surface area contributed by atoms with E-state index in [-0.39, 0.29) is 18.2 Å². The number of amides is 3. The molecule has 2 rings (SSSR count). The molecule has 1 atom stereocenters. The first-order valence-electron chi connectivity index (χ1n) is 6.12. The molecule has 0 saturated carbocycles. The van der Waals surface area contributed by atoms with E-state index < -0.39 is 17.8 Å². The lowest BCUT2D eigenvalue weighted by atomic mass is 10.1. The Bertz CT molecular complexity index is 574. The van der Waals surface area contributed by atoms with Gasteiger partial charge in [-0.15, -0.1) is 0 Å². The van der Waals surface area contributed by atoms with Crippen molar-refractivity contribution >= 4 is 29.1 Å². The molecule has 6 nitrogen and oxygen atoms in total. The van der Waals surface area contributed by atoms with Gasteiger partial charge in [0.25, 0.3) is 0 Å². The van der Waals surface area contributed by atoms with Crippen LogP contribution in [0.4, 0.5) is 15.8 Å². The van der Waals surface area contributed by atoms with E-state index >= 15 is 0 Å². The van der Waals surface area contributed by atoms with Gasteiger partial charge in [-0.2, -0.15) is 0 Å². The first kappa shape index (κ1) is 14.0. The van der Waals surface area contributed by atoms with E-state index in [0.29, 0.717) is 17.8 Å². The number of halogens is 1. The van der Waals surface area contributed by atoms with Gasteiger partial charge in [-0.3, -0.25) is 19.7 Å². The number of hydrogen-bond acceptors (Lipinski definition) is 4. The molecule has 3 N–H and O–H groups in total. The highest BCUT2D eigenvalue weighted by molar-refractivity contribution is 6.01. The zero-order chi connectivity index (χ0) is 14.7. The Morgan fingerprint density at radius 3 is 2.65 bits per heavy atom. The molecule has 0 aromatic heterocycles. The molecule has 20 heavy (non-hydrogen) atoms. The van der Waals surface area contributed by atoms with E-state index in [1.807, 2.05) is 0 Å². The number of benzene rings is 1.